The molecule has 5 heterocycles. The van der Waals surface area contributed by atoms with E-state index in [2.05, 4.69) is 19.8 Å². The second-order valence-corrected chi connectivity index (χ2v) is 10.8. The van der Waals surface area contributed by atoms with Gasteiger partial charge in [0.1, 0.15) is 0 Å². The number of hydrogen-bond acceptors (Lipinski definition) is 8. The highest BCUT2D eigenvalue weighted by Gasteiger charge is 2.35. The molecular formula is C24H24N6O3S. The predicted molar refractivity (Wildman–Crippen MR) is 130 cm³/mol. The maximum Gasteiger partial charge on any atom is 0.175 e. The number of rotatable bonds is 4. The number of benzene rings is 1. The Morgan fingerprint density at radius 2 is 2.00 bits per heavy atom. The fourth-order valence-electron chi connectivity index (χ4n) is 4.74. The zero-order valence-corrected chi connectivity index (χ0v) is 19.5. The van der Waals surface area contributed by atoms with Gasteiger partial charge in [-0.2, -0.15) is 0 Å². The number of fused-ring (bicyclic) bond motifs is 4. The smallest absolute Gasteiger partial charge is 0.175 e. The van der Waals surface area contributed by atoms with E-state index in [1.807, 2.05) is 30.6 Å². The summed E-state index contributed by atoms with van der Waals surface area (Å²) in [5.74, 6) is 1.53. The number of aromatic nitrogens is 4. The van der Waals surface area contributed by atoms with Gasteiger partial charge in [-0.05, 0) is 23.8 Å². The van der Waals surface area contributed by atoms with Gasteiger partial charge in [0.05, 0.1) is 47.7 Å². The SMILES string of the molecule is CS(=O)(=O)c1ccc(CN2C[C@@H]3COCCN3c3nc(-c4cncc5[nH]ccc45)ncc32)cc1. The fraction of sp³-hybridized carbons (Fsp3) is 0.292. The Kier molecular flexibility index (Phi) is 5.00. The van der Waals surface area contributed by atoms with E-state index in [0.29, 0.717) is 30.5 Å². The maximum atomic E-state index is 11.8. The third-order valence-electron chi connectivity index (χ3n) is 6.46. The van der Waals surface area contributed by atoms with Crippen LogP contribution >= 0.6 is 0 Å². The summed E-state index contributed by atoms with van der Waals surface area (Å²) < 4.78 is 29.4. The van der Waals surface area contributed by atoms with Crippen molar-refractivity contribution >= 4 is 32.2 Å². The zero-order chi connectivity index (χ0) is 23.3. The van der Waals surface area contributed by atoms with E-state index in [1.165, 1.54) is 6.26 Å². The Labute approximate surface area is 197 Å². The Hall–Kier alpha value is -3.50. The molecule has 10 heteroatoms. The van der Waals surface area contributed by atoms with Gasteiger partial charge in [0.15, 0.2) is 21.5 Å². The predicted octanol–water partition coefficient (Wildman–Crippen LogP) is 2.65. The van der Waals surface area contributed by atoms with E-state index in [-0.39, 0.29) is 6.04 Å². The monoisotopic (exact) mass is 476 g/mol. The Morgan fingerprint density at radius 3 is 2.82 bits per heavy atom. The molecule has 0 unspecified atom stereocenters. The van der Waals surface area contributed by atoms with Gasteiger partial charge in [-0.25, -0.2) is 18.4 Å². The van der Waals surface area contributed by atoms with Crippen LogP contribution in [0.2, 0.25) is 0 Å². The lowest BCUT2D eigenvalue weighted by molar-refractivity contribution is 0.0936. The van der Waals surface area contributed by atoms with Crippen LogP contribution in [0.25, 0.3) is 22.3 Å². The van der Waals surface area contributed by atoms with Gasteiger partial charge in [-0.15, -0.1) is 0 Å². The highest BCUT2D eigenvalue weighted by atomic mass is 32.2. The highest BCUT2D eigenvalue weighted by molar-refractivity contribution is 7.90. The fourth-order valence-corrected chi connectivity index (χ4v) is 5.37. The van der Waals surface area contributed by atoms with Crippen molar-refractivity contribution in [3.05, 3.63) is 60.7 Å². The van der Waals surface area contributed by atoms with Crippen molar-refractivity contribution in [3.63, 3.8) is 0 Å². The number of nitrogens with zero attached hydrogens (tertiary/aromatic N) is 5. The summed E-state index contributed by atoms with van der Waals surface area (Å²) in [7, 11) is -3.22. The number of nitrogens with one attached hydrogen (secondary N) is 1. The molecule has 0 amide bonds. The number of anilines is 2. The molecule has 4 aromatic rings. The molecule has 1 saturated heterocycles. The first-order chi connectivity index (χ1) is 16.5. The molecular weight excluding hydrogens is 452 g/mol. The van der Waals surface area contributed by atoms with Crippen LogP contribution in [0, 0.1) is 0 Å². The minimum Gasteiger partial charge on any atom is -0.377 e. The molecule has 1 N–H and O–H groups in total. The first-order valence-corrected chi connectivity index (χ1v) is 13.0. The first-order valence-electron chi connectivity index (χ1n) is 11.1. The minimum absolute atomic E-state index is 0.181. The molecule has 2 aliphatic rings. The molecule has 0 saturated carbocycles. The second-order valence-electron chi connectivity index (χ2n) is 8.75. The lowest BCUT2D eigenvalue weighted by Gasteiger charge is -2.45. The standard InChI is InChI=1S/C24H24N6O3S/c1-34(31,32)18-4-2-16(3-5-18)13-29-14-17-15-33-9-8-30(17)24-22(29)12-27-23(28-24)20-10-25-11-21-19(20)6-7-26-21/h2-7,10-12,17,26H,8-9,13-15H2,1H3/t17-/m1/s1. The molecule has 174 valence electrons. The lowest BCUT2D eigenvalue weighted by atomic mass is 10.1. The number of hydrogen-bond donors (Lipinski definition) is 1. The van der Waals surface area contributed by atoms with Gasteiger partial charge in [-0.1, -0.05) is 12.1 Å². The Morgan fingerprint density at radius 1 is 1.15 bits per heavy atom. The molecule has 1 fully saturated rings. The van der Waals surface area contributed by atoms with Crippen molar-refractivity contribution in [2.75, 3.05) is 42.4 Å². The van der Waals surface area contributed by atoms with Crippen molar-refractivity contribution in [3.8, 4) is 11.4 Å². The van der Waals surface area contributed by atoms with Crippen molar-refractivity contribution in [1.29, 1.82) is 0 Å². The molecule has 1 aromatic carbocycles. The summed E-state index contributed by atoms with van der Waals surface area (Å²) in [5, 5.41) is 1.03. The van der Waals surface area contributed by atoms with Crippen LogP contribution in [-0.2, 0) is 21.1 Å². The summed E-state index contributed by atoms with van der Waals surface area (Å²) >= 11 is 0. The number of morpholine rings is 1. The highest BCUT2D eigenvalue weighted by Crippen LogP contribution is 2.37. The summed E-state index contributed by atoms with van der Waals surface area (Å²) in [6.45, 7) is 3.48. The van der Waals surface area contributed by atoms with E-state index in [0.717, 1.165) is 46.6 Å². The summed E-state index contributed by atoms with van der Waals surface area (Å²) in [6, 6.07) is 9.26. The molecule has 9 nitrogen and oxygen atoms in total. The Balaban J connectivity index is 1.39. The molecule has 0 radical (unpaired) electrons. The van der Waals surface area contributed by atoms with Gasteiger partial charge >= 0.3 is 0 Å². The van der Waals surface area contributed by atoms with Crippen LogP contribution < -0.4 is 9.80 Å². The third-order valence-corrected chi connectivity index (χ3v) is 7.59. The van der Waals surface area contributed by atoms with Crippen LogP contribution in [0.4, 0.5) is 11.5 Å². The van der Waals surface area contributed by atoms with Gasteiger partial charge in [0.25, 0.3) is 0 Å². The number of H-pyrrole nitrogens is 1. The number of aromatic amines is 1. The number of sulfone groups is 1. The average molecular weight is 477 g/mol. The zero-order valence-electron chi connectivity index (χ0n) is 18.7. The lowest BCUT2D eigenvalue weighted by Crippen LogP contribution is -2.55. The Bertz CT molecular complexity index is 1470. The normalized spacial score (nSPS) is 18.1. The van der Waals surface area contributed by atoms with Gasteiger partial charge in [0.2, 0.25) is 0 Å². The first kappa shape index (κ1) is 21.1. The maximum absolute atomic E-state index is 11.8. The second kappa shape index (κ2) is 8.07. The van der Waals surface area contributed by atoms with Crippen LogP contribution in [-0.4, -0.2) is 67.0 Å². The van der Waals surface area contributed by atoms with Gasteiger partial charge in [-0.3, -0.25) is 4.98 Å². The van der Waals surface area contributed by atoms with Gasteiger partial charge < -0.3 is 19.5 Å². The molecule has 0 bridgehead atoms. The molecule has 6 rings (SSSR count). The molecule has 2 aliphatic heterocycles. The van der Waals surface area contributed by atoms with E-state index in [4.69, 9.17) is 14.7 Å². The molecule has 1 atom stereocenters. The topological polar surface area (TPSA) is 104 Å². The van der Waals surface area contributed by atoms with Crippen molar-refractivity contribution in [1.82, 2.24) is 19.9 Å². The average Bonchev–Trinajstić information content (AvgIpc) is 3.33. The summed E-state index contributed by atoms with van der Waals surface area (Å²) in [4.78, 5) is 22.2. The largest absolute Gasteiger partial charge is 0.377 e. The molecule has 0 spiro atoms. The van der Waals surface area contributed by atoms with E-state index in [1.54, 1.807) is 24.5 Å². The number of pyridine rings is 1. The third kappa shape index (κ3) is 3.68. The van der Waals surface area contributed by atoms with Crippen molar-refractivity contribution < 1.29 is 13.2 Å². The quantitative estimate of drug-likeness (QED) is 0.479. The summed E-state index contributed by atoms with van der Waals surface area (Å²) in [5.41, 5.74) is 3.82. The van der Waals surface area contributed by atoms with Crippen LogP contribution in [0.3, 0.4) is 0 Å². The van der Waals surface area contributed by atoms with E-state index >= 15 is 0 Å². The number of ether oxygens (including phenoxy) is 1. The van der Waals surface area contributed by atoms with Crippen LogP contribution in [0.5, 0.6) is 0 Å². The minimum atomic E-state index is -3.22. The molecule has 3 aromatic heterocycles. The van der Waals surface area contributed by atoms with Crippen molar-refractivity contribution in [2.24, 2.45) is 0 Å². The van der Waals surface area contributed by atoms with E-state index < -0.39 is 9.84 Å². The summed E-state index contributed by atoms with van der Waals surface area (Å²) in [6.07, 6.45) is 8.60. The van der Waals surface area contributed by atoms with Crippen LogP contribution in [0.15, 0.2) is 60.0 Å². The van der Waals surface area contributed by atoms with Gasteiger partial charge in [0, 0.05) is 49.2 Å². The van der Waals surface area contributed by atoms with E-state index in [9.17, 15) is 8.42 Å². The van der Waals surface area contributed by atoms with Crippen LogP contribution in [0.1, 0.15) is 5.56 Å². The molecule has 34 heavy (non-hydrogen) atoms. The van der Waals surface area contributed by atoms with Crippen molar-refractivity contribution in [2.45, 2.75) is 17.5 Å². The molecule has 0 aliphatic carbocycles.